The van der Waals surface area contributed by atoms with Gasteiger partial charge in [0.15, 0.2) is 0 Å². The molecule has 0 fully saturated rings. The lowest BCUT2D eigenvalue weighted by Crippen LogP contribution is -2.24. The second-order valence-electron chi connectivity index (χ2n) is 6.44. The molecule has 138 valence electrons. The number of amides is 1. The summed E-state index contributed by atoms with van der Waals surface area (Å²) in [6.45, 7) is 4.63. The lowest BCUT2D eigenvalue weighted by atomic mass is 10.0. The Morgan fingerprint density at radius 3 is 2.52 bits per heavy atom. The third kappa shape index (κ3) is 5.05. The Bertz CT molecular complexity index is 925. The molecule has 0 aliphatic carbocycles. The number of carbonyl (C=O) groups is 1. The van der Waals surface area contributed by atoms with Gasteiger partial charge in [0.1, 0.15) is 5.69 Å². The Hall–Kier alpha value is -2.92. The van der Waals surface area contributed by atoms with Crippen LogP contribution in [0.2, 0.25) is 5.02 Å². The number of halogens is 1. The molecule has 6 heteroatoms. The van der Waals surface area contributed by atoms with Gasteiger partial charge in [-0.25, -0.2) is 9.97 Å². The predicted octanol–water partition coefficient (Wildman–Crippen LogP) is 4.93. The van der Waals surface area contributed by atoms with Gasteiger partial charge in [-0.15, -0.1) is 0 Å². The van der Waals surface area contributed by atoms with Crippen molar-refractivity contribution in [3.8, 4) is 0 Å². The fourth-order valence-corrected chi connectivity index (χ4v) is 2.74. The molecular formula is C21H21ClN4O. The molecule has 5 nitrogen and oxygen atoms in total. The number of benzene rings is 2. The number of nitrogens with zero attached hydrogens (tertiary/aromatic N) is 2. The Labute approximate surface area is 163 Å². The third-order valence-electron chi connectivity index (χ3n) is 4.12. The molecule has 27 heavy (non-hydrogen) atoms. The van der Waals surface area contributed by atoms with Crippen LogP contribution in [0.4, 0.5) is 11.6 Å². The first-order chi connectivity index (χ1) is 13.0. The van der Waals surface area contributed by atoms with Crippen molar-refractivity contribution in [2.24, 2.45) is 0 Å². The van der Waals surface area contributed by atoms with Crippen molar-refractivity contribution < 1.29 is 4.79 Å². The summed E-state index contributed by atoms with van der Waals surface area (Å²) in [5.41, 5.74) is 3.27. The quantitative estimate of drug-likeness (QED) is 0.636. The number of hydrogen-bond donors (Lipinski definition) is 2. The number of rotatable bonds is 6. The Kier molecular flexibility index (Phi) is 6.04. The van der Waals surface area contributed by atoms with Gasteiger partial charge in [-0.1, -0.05) is 55.8 Å². The van der Waals surface area contributed by atoms with E-state index in [1.54, 1.807) is 18.3 Å². The summed E-state index contributed by atoms with van der Waals surface area (Å²) >= 11 is 6.11. The zero-order valence-electron chi connectivity index (χ0n) is 15.2. The molecule has 0 saturated carbocycles. The second kappa shape index (κ2) is 8.64. The molecule has 0 spiro atoms. The molecule has 1 amide bonds. The van der Waals surface area contributed by atoms with Crippen molar-refractivity contribution in [2.75, 3.05) is 5.32 Å². The highest BCUT2D eigenvalue weighted by Crippen LogP contribution is 2.19. The summed E-state index contributed by atoms with van der Waals surface area (Å²) in [7, 11) is 0. The molecule has 0 bridgehead atoms. The molecule has 0 aliphatic heterocycles. The largest absolute Gasteiger partial charge is 0.347 e. The highest BCUT2D eigenvalue weighted by Gasteiger charge is 2.10. The van der Waals surface area contributed by atoms with Crippen LogP contribution in [0.1, 0.15) is 41.4 Å². The predicted molar refractivity (Wildman–Crippen MR) is 108 cm³/mol. The average Bonchev–Trinajstić information content (AvgIpc) is 2.68. The normalized spacial score (nSPS) is 10.7. The van der Waals surface area contributed by atoms with E-state index in [2.05, 4.69) is 46.6 Å². The number of anilines is 2. The SMILES string of the molecule is CC(C)c1ccc(Nc2nccc(C(=O)NCc3ccccc3Cl)n2)cc1. The fourth-order valence-electron chi connectivity index (χ4n) is 2.53. The average molecular weight is 381 g/mol. The third-order valence-corrected chi connectivity index (χ3v) is 4.49. The summed E-state index contributed by atoms with van der Waals surface area (Å²) in [4.78, 5) is 20.9. The van der Waals surface area contributed by atoms with E-state index in [4.69, 9.17) is 11.6 Å². The molecule has 0 radical (unpaired) electrons. The van der Waals surface area contributed by atoms with Crippen LogP contribution in [0.3, 0.4) is 0 Å². The van der Waals surface area contributed by atoms with E-state index in [9.17, 15) is 4.79 Å². The molecular weight excluding hydrogens is 360 g/mol. The van der Waals surface area contributed by atoms with Crippen LogP contribution in [0.25, 0.3) is 0 Å². The number of hydrogen-bond acceptors (Lipinski definition) is 4. The topological polar surface area (TPSA) is 66.9 Å². The Morgan fingerprint density at radius 1 is 1.07 bits per heavy atom. The summed E-state index contributed by atoms with van der Waals surface area (Å²) in [5, 5.41) is 6.57. The lowest BCUT2D eigenvalue weighted by molar-refractivity contribution is 0.0946. The van der Waals surface area contributed by atoms with Gasteiger partial charge in [0.2, 0.25) is 5.95 Å². The van der Waals surface area contributed by atoms with Crippen molar-refractivity contribution >= 4 is 29.1 Å². The van der Waals surface area contributed by atoms with Crippen LogP contribution in [0.5, 0.6) is 0 Å². The monoisotopic (exact) mass is 380 g/mol. The molecule has 0 unspecified atom stereocenters. The van der Waals surface area contributed by atoms with Gasteiger partial charge in [-0.2, -0.15) is 0 Å². The molecule has 1 aromatic heterocycles. The van der Waals surface area contributed by atoms with E-state index >= 15 is 0 Å². The van der Waals surface area contributed by atoms with Crippen molar-refractivity contribution in [1.82, 2.24) is 15.3 Å². The fraction of sp³-hybridized carbons (Fsp3) is 0.190. The van der Waals surface area contributed by atoms with Crippen LogP contribution in [-0.2, 0) is 6.54 Å². The highest BCUT2D eigenvalue weighted by atomic mass is 35.5. The van der Waals surface area contributed by atoms with Crippen LogP contribution in [0.15, 0.2) is 60.8 Å². The number of aromatic nitrogens is 2. The minimum atomic E-state index is -0.282. The van der Waals surface area contributed by atoms with Gasteiger partial charge in [-0.3, -0.25) is 4.79 Å². The van der Waals surface area contributed by atoms with Gasteiger partial charge < -0.3 is 10.6 Å². The molecule has 3 rings (SSSR count). The number of carbonyl (C=O) groups excluding carboxylic acids is 1. The minimum absolute atomic E-state index is 0.282. The Balaban J connectivity index is 1.65. The molecule has 0 aliphatic rings. The van der Waals surface area contributed by atoms with E-state index < -0.39 is 0 Å². The van der Waals surface area contributed by atoms with Gasteiger partial charge in [0.25, 0.3) is 5.91 Å². The minimum Gasteiger partial charge on any atom is -0.347 e. The maximum atomic E-state index is 12.4. The zero-order valence-corrected chi connectivity index (χ0v) is 16.0. The van der Waals surface area contributed by atoms with Gasteiger partial charge >= 0.3 is 0 Å². The second-order valence-corrected chi connectivity index (χ2v) is 6.85. The molecule has 2 aromatic carbocycles. The maximum Gasteiger partial charge on any atom is 0.270 e. The van der Waals surface area contributed by atoms with Crippen molar-refractivity contribution in [3.63, 3.8) is 0 Å². The Morgan fingerprint density at radius 2 is 1.81 bits per heavy atom. The molecule has 0 saturated heterocycles. The van der Waals surface area contributed by atoms with E-state index in [1.165, 1.54) is 5.56 Å². The molecule has 0 atom stereocenters. The summed E-state index contributed by atoms with van der Waals surface area (Å²) in [5.74, 6) is 0.564. The standard InChI is InChI=1S/C21H21ClN4O/c1-14(2)15-7-9-17(10-8-15)25-21-23-12-11-19(26-21)20(27)24-13-16-5-3-4-6-18(16)22/h3-12,14H,13H2,1-2H3,(H,24,27)(H,23,25,26). The van der Waals surface area contributed by atoms with Crippen molar-refractivity contribution in [3.05, 3.63) is 82.6 Å². The summed E-state index contributed by atoms with van der Waals surface area (Å²) < 4.78 is 0. The molecule has 1 heterocycles. The van der Waals surface area contributed by atoms with Gasteiger partial charge in [0.05, 0.1) is 0 Å². The van der Waals surface area contributed by atoms with Gasteiger partial charge in [0, 0.05) is 23.5 Å². The van der Waals surface area contributed by atoms with E-state index in [1.807, 2.05) is 30.3 Å². The van der Waals surface area contributed by atoms with E-state index in [-0.39, 0.29) is 5.91 Å². The summed E-state index contributed by atoms with van der Waals surface area (Å²) in [6.07, 6.45) is 1.56. The van der Waals surface area contributed by atoms with Crippen LogP contribution in [-0.4, -0.2) is 15.9 Å². The highest BCUT2D eigenvalue weighted by molar-refractivity contribution is 6.31. The van der Waals surface area contributed by atoms with Gasteiger partial charge in [-0.05, 0) is 41.3 Å². The lowest BCUT2D eigenvalue weighted by Gasteiger charge is -2.09. The molecule has 3 aromatic rings. The van der Waals surface area contributed by atoms with Crippen LogP contribution in [0, 0.1) is 0 Å². The maximum absolute atomic E-state index is 12.4. The first-order valence-corrected chi connectivity index (χ1v) is 9.12. The van der Waals surface area contributed by atoms with Crippen molar-refractivity contribution in [1.29, 1.82) is 0 Å². The first kappa shape index (κ1) is 18.9. The van der Waals surface area contributed by atoms with Crippen molar-refractivity contribution in [2.45, 2.75) is 26.3 Å². The zero-order chi connectivity index (χ0) is 19.2. The van der Waals surface area contributed by atoms with Crippen LogP contribution >= 0.6 is 11.6 Å². The molecule has 2 N–H and O–H groups in total. The summed E-state index contributed by atoms with van der Waals surface area (Å²) in [6, 6.07) is 17.0. The van der Waals surface area contributed by atoms with Crippen LogP contribution < -0.4 is 10.6 Å². The number of nitrogens with one attached hydrogen (secondary N) is 2. The van der Waals surface area contributed by atoms with E-state index in [0.717, 1.165) is 11.3 Å². The van der Waals surface area contributed by atoms with E-state index in [0.29, 0.717) is 29.1 Å². The smallest absolute Gasteiger partial charge is 0.270 e. The first-order valence-electron chi connectivity index (χ1n) is 8.74.